The number of aromatic nitrogens is 2. The molecule has 1 N–H and O–H groups in total. The molecule has 42 heavy (non-hydrogen) atoms. The molecular formula is C29H25F3N4O5S. The van der Waals surface area contributed by atoms with Gasteiger partial charge in [0.15, 0.2) is 15.7 Å². The van der Waals surface area contributed by atoms with E-state index in [2.05, 4.69) is 15.3 Å². The topological polar surface area (TPSA) is 111 Å². The second-order valence-corrected chi connectivity index (χ2v) is 11.3. The molecule has 5 rings (SSSR count). The third kappa shape index (κ3) is 7.04. The first-order chi connectivity index (χ1) is 20.1. The smallest absolute Gasteiger partial charge is 0.410 e. The number of sulfone groups is 1. The van der Waals surface area contributed by atoms with Crippen LogP contribution in [0.15, 0.2) is 89.8 Å². The van der Waals surface area contributed by atoms with Crippen molar-refractivity contribution in [3.8, 4) is 17.1 Å². The van der Waals surface area contributed by atoms with Crippen LogP contribution in [0.3, 0.4) is 0 Å². The van der Waals surface area contributed by atoms with E-state index in [-0.39, 0.29) is 11.5 Å². The van der Waals surface area contributed by atoms with Gasteiger partial charge in [0, 0.05) is 30.4 Å². The largest absolute Gasteiger partial charge is 0.417 e. The van der Waals surface area contributed by atoms with Gasteiger partial charge in [-0.25, -0.2) is 23.2 Å². The Hall–Kier alpha value is -4.49. The Morgan fingerprint density at radius 2 is 1.60 bits per heavy atom. The highest BCUT2D eigenvalue weighted by Gasteiger charge is 2.37. The number of benzene rings is 3. The van der Waals surface area contributed by atoms with Gasteiger partial charge in [0.05, 0.1) is 35.1 Å². The highest BCUT2D eigenvalue weighted by atomic mass is 32.2. The molecule has 0 bridgehead atoms. The molecule has 1 aromatic heterocycles. The van der Waals surface area contributed by atoms with Crippen molar-refractivity contribution in [1.82, 2.24) is 9.97 Å². The Labute approximate surface area is 239 Å². The summed E-state index contributed by atoms with van der Waals surface area (Å²) in [5.41, 5.74) is -0.273. The summed E-state index contributed by atoms with van der Waals surface area (Å²) in [6.45, 7) is 1.86. The fourth-order valence-electron chi connectivity index (χ4n) is 4.33. The average Bonchev–Trinajstić information content (AvgIpc) is 2.98. The lowest BCUT2D eigenvalue weighted by molar-refractivity contribution is -0.139. The molecule has 2 heterocycles. The minimum absolute atomic E-state index is 0.0344. The number of morpholine rings is 1. The van der Waals surface area contributed by atoms with Gasteiger partial charge < -0.3 is 14.4 Å². The number of amides is 1. The number of hydrogen-bond donors (Lipinski definition) is 1. The molecule has 1 aliphatic heterocycles. The third-order valence-corrected chi connectivity index (χ3v) is 8.01. The van der Waals surface area contributed by atoms with Gasteiger partial charge >= 0.3 is 12.3 Å². The summed E-state index contributed by atoms with van der Waals surface area (Å²) in [4.78, 5) is 22.3. The highest BCUT2D eigenvalue weighted by Crippen LogP contribution is 2.35. The van der Waals surface area contributed by atoms with Crippen molar-refractivity contribution in [3.63, 3.8) is 0 Å². The molecule has 0 spiro atoms. The van der Waals surface area contributed by atoms with Crippen molar-refractivity contribution in [2.75, 3.05) is 36.5 Å². The Kier molecular flexibility index (Phi) is 8.41. The number of hydrogen-bond acceptors (Lipinski definition) is 8. The van der Waals surface area contributed by atoms with Crippen LogP contribution in [0, 0.1) is 0 Å². The number of halogens is 3. The molecule has 0 unspecified atom stereocenters. The lowest BCUT2D eigenvalue weighted by Gasteiger charge is -2.28. The van der Waals surface area contributed by atoms with Crippen LogP contribution < -0.4 is 15.0 Å². The molecule has 13 heteroatoms. The summed E-state index contributed by atoms with van der Waals surface area (Å²) >= 11 is 0. The third-order valence-electron chi connectivity index (χ3n) is 6.31. The second kappa shape index (κ2) is 12.2. The van der Waals surface area contributed by atoms with E-state index in [1.807, 2.05) is 4.90 Å². The molecule has 9 nitrogen and oxygen atoms in total. The number of anilines is 2. The molecule has 1 amide bonds. The number of rotatable bonds is 7. The lowest BCUT2D eigenvalue weighted by Crippen LogP contribution is -2.37. The minimum Gasteiger partial charge on any atom is -0.410 e. The molecule has 1 aliphatic rings. The van der Waals surface area contributed by atoms with E-state index in [0.29, 0.717) is 49.1 Å². The zero-order valence-electron chi connectivity index (χ0n) is 22.0. The zero-order valence-corrected chi connectivity index (χ0v) is 22.9. The van der Waals surface area contributed by atoms with E-state index in [1.165, 1.54) is 12.1 Å². The first-order valence-electron chi connectivity index (χ1n) is 12.8. The van der Waals surface area contributed by atoms with Crippen molar-refractivity contribution in [2.45, 2.75) is 16.8 Å². The van der Waals surface area contributed by atoms with Gasteiger partial charge in [-0.3, -0.25) is 5.32 Å². The first-order valence-corrected chi connectivity index (χ1v) is 14.5. The quantitative estimate of drug-likeness (QED) is 0.294. The summed E-state index contributed by atoms with van der Waals surface area (Å²) in [5, 5.41) is 2.61. The molecule has 0 radical (unpaired) electrons. The second-order valence-electron chi connectivity index (χ2n) is 9.30. The van der Waals surface area contributed by atoms with Crippen molar-refractivity contribution in [3.05, 3.63) is 96.2 Å². The Balaban J connectivity index is 1.43. The molecular weight excluding hydrogens is 573 g/mol. The summed E-state index contributed by atoms with van der Waals surface area (Å²) in [6, 6.07) is 20.5. The van der Waals surface area contributed by atoms with Gasteiger partial charge in [-0.1, -0.05) is 30.3 Å². The zero-order chi connectivity index (χ0) is 29.7. The van der Waals surface area contributed by atoms with E-state index in [9.17, 15) is 26.4 Å². The van der Waals surface area contributed by atoms with E-state index in [4.69, 9.17) is 9.47 Å². The number of carbonyl (C=O) groups is 1. The molecule has 0 atom stereocenters. The Bertz CT molecular complexity index is 1660. The van der Waals surface area contributed by atoms with Crippen molar-refractivity contribution in [1.29, 1.82) is 0 Å². The number of alkyl halides is 3. The van der Waals surface area contributed by atoms with E-state index in [1.54, 1.807) is 54.6 Å². The maximum Gasteiger partial charge on any atom is 0.417 e. The maximum atomic E-state index is 13.6. The van der Waals surface area contributed by atoms with Crippen LogP contribution in [0.4, 0.5) is 29.5 Å². The molecule has 1 fully saturated rings. The van der Waals surface area contributed by atoms with Crippen LogP contribution in [-0.4, -0.2) is 50.8 Å². The van der Waals surface area contributed by atoms with E-state index >= 15 is 0 Å². The Morgan fingerprint density at radius 1 is 0.929 bits per heavy atom. The summed E-state index contributed by atoms with van der Waals surface area (Å²) in [7, 11) is -4.43. The summed E-state index contributed by atoms with van der Waals surface area (Å²) < 4.78 is 77.9. The molecule has 218 valence electrons. The van der Waals surface area contributed by atoms with Gasteiger partial charge in [0.2, 0.25) is 0 Å². The fraction of sp³-hybridized carbons (Fsp3) is 0.207. The number of carbonyl (C=O) groups excluding carboxylic acids is 1. The molecule has 1 saturated heterocycles. The molecule has 0 saturated carbocycles. The van der Waals surface area contributed by atoms with Crippen LogP contribution in [-0.2, 0) is 26.5 Å². The molecule has 4 aromatic rings. The van der Waals surface area contributed by atoms with Gasteiger partial charge in [-0.2, -0.15) is 13.2 Å². The first kappa shape index (κ1) is 29.0. The standard InChI is InChI=1S/C29H25F3N4O5S/c30-29(31,32)24-8-4-5-9-25(24)42(38,39)19-22-18-26(36-14-16-40-17-15-36)35-27(33-22)20-10-12-21(13-11-20)34-28(37)41-23-6-2-1-3-7-23/h1-13,18H,14-17,19H2,(H,34,37). The predicted octanol–water partition coefficient (Wildman–Crippen LogP) is 5.58. The average molecular weight is 599 g/mol. The Morgan fingerprint density at radius 3 is 2.29 bits per heavy atom. The van der Waals surface area contributed by atoms with Crippen LogP contribution in [0.5, 0.6) is 5.75 Å². The molecule has 3 aromatic carbocycles. The van der Waals surface area contributed by atoms with Crippen LogP contribution in [0.2, 0.25) is 0 Å². The number of para-hydroxylation sites is 1. The monoisotopic (exact) mass is 598 g/mol. The summed E-state index contributed by atoms with van der Waals surface area (Å²) in [5.74, 6) is 0.205. The van der Waals surface area contributed by atoms with Gasteiger partial charge in [0.25, 0.3) is 0 Å². The predicted molar refractivity (Wildman–Crippen MR) is 149 cm³/mol. The van der Waals surface area contributed by atoms with Crippen LogP contribution in [0.25, 0.3) is 11.4 Å². The maximum absolute atomic E-state index is 13.6. The fourth-order valence-corrected chi connectivity index (χ4v) is 5.82. The normalized spacial score (nSPS) is 13.9. The number of ether oxygens (including phenoxy) is 2. The van der Waals surface area contributed by atoms with Crippen LogP contribution >= 0.6 is 0 Å². The van der Waals surface area contributed by atoms with E-state index < -0.39 is 38.3 Å². The molecule has 0 aliphatic carbocycles. The van der Waals surface area contributed by atoms with Crippen LogP contribution in [0.1, 0.15) is 11.3 Å². The lowest BCUT2D eigenvalue weighted by atomic mass is 10.2. The van der Waals surface area contributed by atoms with Crippen molar-refractivity contribution in [2.24, 2.45) is 0 Å². The van der Waals surface area contributed by atoms with E-state index in [0.717, 1.165) is 18.2 Å². The van der Waals surface area contributed by atoms with Gasteiger partial charge in [-0.05, 0) is 48.5 Å². The highest BCUT2D eigenvalue weighted by molar-refractivity contribution is 7.90. The van der Waals surface area contributed by atoms with Crippen molar-refractivity contribution >= 4 is 27.4 Å². The number of nitrogens with zero attached hydrogens (tertiary/aromatic N) is 3. The SMILES string of the molecule is O=C(Nc1ccc(-c2nc(CS(=O)(=O)c3ccccc3C(F)(F)F)cc(N3CCOCC3)n2)cc1)Oc1ccccc1. The van der Waals surface area contributed by atoms with Gasteiger partial charge in [-0.15, -0.1) is 0 Å². The van der Waals surface area contributed by atoms with Gasteiger partial charge in [0.1, 0.15) is 11.6 Å². The number of nitrogens with one attached hydrogen (secondary N) is 1. The minimum atomic E-state index is -4.84. The summed E-state index contributed by atoms with van der Waals surface area (Å²) in [6.07, 6.45) is -5.53. The van der Waals surface area contributed by atoms with Crippen molar-refractivity contribution < 1.29 is 35.9 Å².